The van der Waals surface area contributed by atoms with Gasteiger partial charge in [-0.3, -0.25) is 0 Å². The van der Waals surface area contributed by atoms with Crippen LogP contribution >= 0.6 is 11.8 Å². The van der Waals surface area contributed by atoms with Gasteiger partial charge in [0.2, 0.25) is 0 Å². The minimum absolute atomic E-state index is 0.161. The van der Waals surface area contributed by atoms with E-state index >= 15 is 0 Å². The maximum Gasteiger partial charge on any atom is 0.159 e. The molecule has 1 aliphatic heterocycles. The molecule has 150 valence electrons. The molecule has 2 aliphatic carbocycles. The first-order valence-corrected chi connectivity index (χ1v) is 14.7. The average Bonchev–Trinajstić information content (AvgIpc) is 3.09. The summed E-state index contributed by atoms with van der Waals surface area (Å²) < 4.78 is 0. The third-order valence-corrected chi connectivity index (χ3v) is 15.1. The van der Waals surface area contributed by atoms with E-state index in [1.54, 1.807) is 5.19 Å². The highest BCUT2D eigenvalue weighted by molar-refractivity contribution is 8.01. The lowest BCUT2D eigenvalue weighted by molar-refractivity contribution is 0.222. The fourth-order valence-electron chi connectivity index (χ4n) is 7.03. The Hall–Kier alpha value is -0.253. The summed E-state index contributed by atoms with van der Waals surface area (Å²) in [4.78, 5) is 4.26. The average molecular weight is 402 g/mol. The van der Waals surface area contributed by atoms with E-state index in [0.717, 1.165) is 39.7 Å². The van der Waals surface area contributed by atoms with E-state index in [0.29, 0.717) is 0 Å². The normalized spacial score (nSPS) is 41.0. The van der Waals surface area contributed by atoms with Crippen molar-refractivity contribution in [3.05, 3.63) is 30.3 Å². The lowest BCUT2D eigenvalue weighted by atomic mass is 9.75. The van der Waals surface area contributed by atoms with Crippen molar-refractivity contribution in [2.24, 2.45) is 23.7 Å². The van der Waals surface area contributed by atoms with Gasteiger partial charge >= 0.3 is 0 Å². The topological polar surface area (TPSA) is 12.0 Å². The molecule has 4 rings (SSSR count). The molecule has 0 radical (unpaired) electrons. The Bertz CT molecular complexity index is 656. The molecule has 3 fully saturated rings. The Morgan fingerprint density at radius 2 is 1.67 bits per heavy atom. The van der Waals surface area contributed by atoms with Gasteiger partial charge in [-0.15, -0.1) is 0 Å². The van der Waals surface area contributed by atoms with Crippen molar-refractivity contribution in [3.63, 3.8) is 0 Å². The smallest absolute Gasteiger partial charge is 0.159 e. The summed E-state index contributed by atoms with van der Waals surface area (Å²) >= 11 is 2.42. The van der Waals surface area contributed by atoms with Crippen molar-refractivity contribution in [1.82, 2.24) is 4.98 Å². The van der Waals surface area contributed by atoms with Crippen molar-refractivity contribution in [3.8, 4) is 0 Å². The number of fused-ring (bicyclic) bond motifs is 3. The first-order chi connectivity index (χ1) is 12.7. The zero-order chi connectivity index (χ0) is 19.4. The van der Waals surface area contributed by atoms with Crippen LogP contribution in [0, 0.1) is 23.7 Å². The molecule has 1 saturated heterocycles. The van der Waals surface area contributed by atoms with Crippen LogP contribution in [0.15, 0.2) is 30.3 Å². The fraction of sp³-hybridized carbons (Fsp3) is 0.750. The highest BCUT2D eigenvalue weighted by Crippen LogP contribution is 2.65. The lowest BCUT2D eigenvalue weighted by Gasteiger charge is -2.44. The summed E-state index contributed by atoms with van der Waals surface area (Å²) in [7, 11) is -1.85. The Balaban J connectivity index is 1.75. The fourth-order valence-corrected chi connectivity index (χ4v) is 15.7. The molecule has 0 bridgehead atoms. The summed E-state index contributed by atoms with van der Waals surface area (Å²) in [5, 5.41) is 3.43. The van der Waals surface area contributed by atoms with Crippen molar-refractivity contribution in [2.45, 2.75) is 88.4 Å². The molecule has 3 aliphatic rings. The summed E-state index contributed by atoms with van der Waals surface area (Å²) in [6.45, 7) is 14.9. The number of rotatable bonds is 3. The second-order valence-corrected chi connectivity index (χ2v) is 16.2. The van der Waals surface area contributed by atoms with Crippen molar-refractivity contribution < 1.29 is 0 Å². The minimum atomic E-state index is -1.85. The maximum absolute atomic E-state index is 4.26. The van der Waals surface area contributed by atoms with Crippen LogP contribution in [0.1, 0.15) is 60.3 Å². The molecule has 27 heavy (non-hydrogen) atoms. The second kappa shape index (κ2) is 7.22. The van der Waals surface area contributed by atoms with E-state index in [2.05, 4.69) is 88.2 Å². The summed E-state index contributed by atoms with van der Waals surface area (Å²) in [5.41, 5.74) is 0.989. The molecule has 1 aromatic rings. The van der Waals surface area contributed by atoms with Gasteiger partial charge in [0, 0.05) is 16.0 Å². The highest BCUT2D eigenvalue weighted by atomic mass is 32.2. The Morgan fingerprint density at radius 3 is 2.33 bits per heavy atom. The van der Waals surface area contributed by atoms with Gasteiger partial charge in [-0.1, -0.05) is 63.6 Å². The molecule has 8 atom stereocenters. The SMILES string of the molecule is CC1C(C)C([Si](C)(NC(C)(C)C)c2ccccc2)C2SC3CCCCC3C12. The van der Waals surface area contributed by atoms with Crippen LogP contribution in [-0.2, 0) is 0 Å². The lowest BCUT2D eigenvalue weighted by Crippen LogP contribution is -2.68. The second-order valence-electron chi connectivity index (χ2n) is 10.9. The Labute approximate surface area is 172 Å². The molecule has 8 unspecified atom stereocenters. The van der Waals surface area contributed by atoms with Crippen molar-refractivity contribution >= 4 is 25.2 Å². The van der Waals surface area contributed by atoms with Gasteiger partial charge in [-0.2, -0.15) is 11.8 Å². The van der Waals surface area contributed by atoms with E-state index in [-0.39, 0.29) is 5.54 Å². The summed E-state index contributed by atoms with van der Waals surface area (Å²) in [6.07, 6.45) is 5.92. The van der Waals surface area contributed by atoms with Gasteiger partial charge in [-0.05, 0) is 68.0 Å². The molecule has 3 heteroatoms. The third kappa shape index (κ3) is 3.46. The van der Waals surface area contributed by atoms with Crippen molar-refractivity contribution in [2.75, 3.05) is 0 Å². The van der Waals surface area contributed by atoms with Gasteiger partial charge in [0.15, 0.2) is 8.24 Å². The van der Waals surface area contributed by atoms with E-state index in [1.165, 1.54) is 25.7 Å². The van der Waals surface area contributed by atoms with Crippen LogP contribution < -0.4 is 10.2 Å². The van der Waals surface area contributed by atoms with Gasteiger partial charge in [0.05, 0.1) is 0 Å². The van der Waals surface area contributed by atoms with Gasteiger partial charge in [-0.25, -0.2) is 0 Å². The van der Waals surface area contributed by atoms with Gasteiger partial charge in [0.25, 0.3) is 0 Å². The largest absolute Gasteiger partial charge is 0.329 e. The quantitative estimate of drug-likeness (QED) is 0.642. The predicted molar refractivity (Wildman–Crippen MR) is 123 cm³/mol. The molecule has 1 nitrogen and oxygen atoms in total. The van der Waals surface area contributed by atoms with Crippen LogP contribution in [0.3, 0.4) is 0 Å². The number of hydrogen-bond acceptors (Lipinski definition) is 2. The number of nitrogens with one attached hydrogen (secondary N) is 1. The molecular weight excluding hydrogens is 362 g/mol. The highest BCUT2D eigenvalue weighted by Gasteiger charge is 2.62. The van der Waals surface area contributed by atoms with Crippen molar-refractivity contribution in [1.29, 1.82) is 0 Å². The molecule has 2 saturated carbocycles. The maximum atomic E-state index is 4.26. The monoisotopic (exact) mass is 401 g/mol. The first kappa shape index (κ1) is 20.0. The minimum Gasteiger partial charge on any atom is -0.329 e. The van der Waals surface area contributed by atoms with E-state index in [1.807, 2.05) is 0 Å². The Morgan fingerprint density at radius 1 is 1.00 bits per heavy atom. The molecule has 1 heterocycles. The summed E-state index contributed by atoms with van der Waals surface area (Å²) in [5.74, 6) is 3.65. The van der Waals surface area contributed by atoms with Crippen LogP contribution in [0.2, 0.25) is 12.1 Å². The van der Waals surface area contributed by atoms with E-state index in [9.17, 15) is 0 Å². The summed E-state index contributed by atoms with van der Waals surface area (Å²) in [6, 6.07) is 11.5. The van der Waals surface area contributed by atoms with Crippen LogP contribution in [-0.4, -0.2) is 24.3 Å². The third-order valence-electron chi connectivity index (χ3n) is 7.99. The molecule has 1 N–H and O–H groups in total. The van der Waals surface area contributed by atoms with Crippen LogP contribution in [0.5, 0.6) is 0 Å². The standard InChI is InChI=1S/C24H39NSSi/c1-16-17(2)23(22-21(16)19-14-10-11-15-20(19)26-22)27(6,25-24(3,4)5)18-12-8-7-9-13-18/h7-9,12-13,16-17,19-23,25H,10-11,14-15H2,1-6H3. The van der Waals surface area contributed by atoms with Gasteiger partial charge < -0.3 is 4.98 Å². The number of benzene rings is 1. The Kier molecular flexibility index (Phi) is 5.35. The van der Waals surface area contributed by atoms with Gasteiger partial charge in [0.1, 0.15) is 0 Å². The van der Waals surface area contributed by atoms with Crippen LogP contribution in [0.4, 0.5) is 0 Å². The van der Waals surface area contributed by atoms with E-state index < -0.39 is 8.24 Å². The molecule has 0 aromatic heterocycles. The molecular formula is C24H39NSSi. The zero-order valence-electron chi connectivity index (χ0n) is 18.2. The van der Waals surface area contributed by atoms with E-state index in [4.69, 9.17) is 0 Å². The molecule has 0 spiro atoms. The number of thioether (sulfide) groups is 1. The predicted octanol–water partition coefficient (Wildman–Crippen LogP) is 5.80. The molecule has 0 amide bonds. The zero-order valence-corrected chi connectivity index (χ0v) is 20.0. The van der Waals surface area contributed by atoms with Crippen LogP contribution in [0.25, 0.3) is 0 Å². The first-order valence-electron chi connectivity index (χ1n) is 11.2. The number of hydrogen-bond donors (Lipinski definition) is 1. The molecule has 1 aromatic carbocycles.